The van der Waals surface area contributed by atoms with Crippen molar-refractivity contribution in [2.45, 2.75) is 117 Å². The van der Waals surface area contributed by atoms with E-state index in [1.54, 1.807) is 13.8 Å². The van der Waals surface area contributed by atoms with Crippen molar-refractivity contribution in [3.05, 3.63) is 0 Å². The quantitative estimate of drug-likeness (QED) is 0.289. The summed E-state index contributed by atoms with van der Waals surface area (Å²) < 4.78 is 22.9. The highest BCUT2D eigenvalue weighted by atomic mass is 16.6. The number of carbonyl (C=O) groups is 2. The lowest BCUT2D eigenvalue weighted by Gasteiger charge is -2.43. The van der Waals surface area contributed by atoms with Crippen molar-refractivity contribution in [3.8, 4) is 0 Å². The molecular formula is C22H42O6. The van der Waals surface area contributed by atoms with Crippen molar-refractivity contribution >= 4 is 11.9 Å². The summed E-state index contributed by atoms with van der Waals surface area (Å²) in [6, 6.07) is 0. The number of rotatable bonds is 15. The van der Waals surface area contributed by atoms with E-state index in [2.05, 4.69) is 13.8 Å². The van der Waals surface area contributed by atoms with Crippen LogP contribution in [0.25, 0.3) is 0 Å². The molecule has 2 unspecified atom stereocenters. The monoisotopic (exact) mass is 402 g/mol. The first kappa shape index (κ1) is 26.9. The second kappa shape index (κ2) is 13.2. The molecule has 0 saturated carbocycles. The van der Waals surface area contributed by atoms with Crippen molar-refractivity contribution in [2.75, 3.05) is 13.2 Å². The van der Waals surface area contributed by atoms with Gasteiger partial charge in [0.15, 0.2) is 0 Å². The number of ether oxygens (including phenoxy) is 4. The summed E-state index contributed by atoms with van der Waals surface area (Å²) in [6.45, 7) is 15.1. The molecule has 0 spiro atoms. The molecule has 0 bridgehead atoms. The van der Waals surface area contributed by atoms with Crippen LogP contribution in [-0.4, -0.2) is 48.6 Å². The normalized spacial score (nSPS) is 15.9. The fraction of sp³-hybridized carbons (Fsp3) is 0.909. The number of unbranched alkanes of at least 4 members (excludes halogenated alkanes) is 4. The van der Waals surface area contributed by atoms with Crippen molar-refractivity contribution in [1.82, 2.24) is 0 Å². The van der Waals surface area contributed by atoms with E-state index in [0.29, 0.717) is 0 Å². The van der Waals surface area contributed by atoms with Crippen LogP contribution in [0.5, 0.6) is 0 Å². The minimum atomic E-state index is -1.63. The summed E-state index contributed by atoms with van der Waals surface area (Å²) in [7, 11) is 0. The molecule has 0 saturated heterocycles. The summed E-state index contributed by atoms with van der Waals surface area (Å²) in [5, 5.41) is 0. The lowest BCUT2D eigenvalue weighted by Crippen LogP contribution is -2.65. The summed E-state index contributed by atoms with van der Waals surface area (Å²) in [6.07, 6.45) is 4.90. The lowest BCUT2D eigenvalue weighted by molar-refractivity contribution is -0.241. The van der Waals surface area contributed by atoms with E-state index in [1.807, 2.05) is 27.7 Å². The van der Waals surface area contributed by atoms with Crippen LogP contribution in [0.4, 0.5) is 0 Å². The van der Waals surface area contributed by atoms with Crippen LogP contribution in [-0.2, 0) is 28.5 Å². The topological polar surface area (TPSA) is 71.1 Å². The Hall–Kier alpha value is -1.14. The van der Waals surface area contributed by atoms with Crippen molar-refractivity contribution < 1.29 is 28.5 Å². The van der Waals surface area contributed by atoms with Gasteiger partial charge >= 0.3 is 11.9 Å². The van der Waals surface area contributed by atoms with Gasteiger partial charge in [0.1, 0.15) is 0 Å². The maximum atomic E-state index is 13.0. The van der Waals surface area contributed by atoms with Gasteiger partial charge in [-0.1, -0.05) is 39.5 Å². The molecule has 0 aliphatic heterocycles. The Morgan fingerprint density at radius 3 is 1.25 bits per heavy atom. The zero-order valence-corrected chi connectivity index (χ0v) is 19.3. The first-order valence-corrected chi connectivity index (χ1v) is 10.7. The van der Waals surface area contributed by atoms with Gasteiger partial charge in [-0.25, -0.2) is 9.59 Å². The molecule has 2 atom stereocenters. The summed E-state index contributed by atoms with van der Waals surface area (Å²) in [5.74, 6) is -1.21. The average Bonchev–Trinajstić information content (AvgIpc) is 2.60. The minimum Gasteiger partial charge on any atom is -0.463 e. The summed E-state index contributed by atoms with van der Waals surface area (Å²) in [5.41, 5.74) is -3.25. The summed E-state index contributed by atoms with van der Waals surface area (Å²) in [4.78, 5) is 26.1. The molecule has 6 nitrogen and oxygen atoms in total. The smallest absolute Gasteiger partial charge is 0.341 e. The Labute approximate surface area is 171 Å². The molecule has 6 heteroatoms. The predicted octanol–water partition coefficient (Wildman–Crippen LogP) is 4.82. The Balaban J connectivity index is 5.64. The number of esters is 2. The first-order chi connectivity index (χ1) is 13.0. The molecule has 0 aliphatic rings. The maximum Gasteiger partial charge on any atom is 0.341 e. The van der Waals surface area contributed by atoms with E-state index in [4.69, 9.17) is 18.9 Å². The molecule has 0 fully saturated rings. The number of hydrogen-bond acceptors (Lipinski definition) is 6. The predicted molar refractivity (Wildman–Crippen MR) is 110 cm³/mol. The third kappa shape index (κ3) is 8.08. The summed E-state index contributed by atoms with van der Waals surface area (Å²) >= 11 is 0. The first-order valence-electron chi connectivity index (χ1n) is 10.7. The molecule has 0 N–H and O–H groups in total. The van der Waals surface area contributed by atoms with Crippen LogP contribution in [0.3, 0.4) is 0 Å². The molecule has 0 amide bonds. The van der Waals surface area contributed by atoms with Crippen LogP contribution in [0.1, 0.15) is 93.9 Å². The van der Waals surface area contributed by atoms with Crippen LogP contribution < -0.4 is 0 Å². The Morgan fingerprint density at radius 2 is 1.00 bits per heavy atom. The molecule has 0 aliphatic carbocycles. The maximum absolute atomic E-state index is 13.0. The van der Waals surface area contributed by atoms with Gasteiger partial charge in [-0.15, -0.1) is 0 Å². The van der Waals surface area contributed by atoms with Crippen molar-refractivity contribution in [3.63, 3.8) is 0 Å². The molecular weight excluding hydrogens is 360 g/mol. The van der Waals surface area contributed by atoms with Crippen LogP contribution in [0, 0.1) is 0 Å². The van der Waals surface area contributed by atoms with Crippen molar-refractivity contribution in [1.29, 1.82) is 0 Å². The highest BCUT2D eigenvalue weighted by Gasteiger charge is 2.60. The highest BCUT2D eigenvalue weighted by Crippen LogP contribution is 2.35. The third-order valence-electron chi connectivity index (χ3n) is 4.59. The standard InChI is InChI=1S/C22H42O6/c1-9-11-13-15-25-19(23)21(7,27-17(3)4)22(8,28-18(5)6)20(24)26-16-14-12-10-2/h17-18H,9-16H2,1-8H3. The second-order valence-electron chi connectivity index (χ2n) is 8.09. The lowest BCUT2D eigenvalue weighted by atomic mass is 9.84. The Morgan fingerprint density at radius 1 is 0.679 bits per heavy atom. The fourth-order valence-electron chi connectivity index (χ4n) is 2.96. The van der Waals surface area contributed by atoms with E-state index in [-0.39, 0.29) is 25.4 Å². The van der Waals surface area contributed by atoms with Gasteiger partial charge in [-0.3, -0.25) is 0 Å². The van der Waals surface area contributed by atoms with E-state index in [9.17, 15) is 9.59 Å². The largest absolute Gasteiger partial charge is 0.463 e. The molecule has 166 valence electrons. The number of hydrogen-bond donors (Lipinski definition) is 0. The van der Waals surface area contributed by atoms with Gasteiger partial charge in [0.25, 0.3) is 0 Å². The Kier molecular flexibility index (Phi) is 12.6. The van der Waals surface area contributed by atoms with E-state index < -0.39 is 23.1 Å². The zero-order valence-electron chi connectivity index (χ0n) is 19.3. The zero-order chi connectivity index (χ0) is 21.8. The molecule has 0 rings (SSSR count). The second-order valence-corrected chi connectivity index (χ2v) is 8.09. The fourth-order valence-corrected chi connectivity index (χ4v) is 2.96. The van der Waals surface area contributed by atoms with E-state index in [0.717, 1.165) is 38.5 Å². The third-order valence-corrected chi connectivity index (χ3v) is 4.59. The average molecular weight is 403 g/mol. The van der Waals surface area contributed by atoms with Crippen LogP contribution >= 0.6 is 0 Å². The van der Waals surface area contributed by atoms with Gasteiger partial charge in [0.05, 0.1) is 25.4 Å². The SMILES string of the molecule is CCCCCOC(=O)C(C)(OC(C)C)C(C)(OC(C)C)C(=O)OCCCCC. The van der Waals surface area contributed by atoms with Gasteiger partial charge in [0.2, 0.25) is 11.2 Å². The van der Waals surface area contributed by atoms with Crippen LogP contribution in [0.2, 0.25) is 0 Å². The molecule has 0 aromatic heterocycles. The number of carbonyl (C=O) groups excluding carboxylic acids is 2. The van der Waals surface area contributed by atoms with Gasteiger partial charge in [-0.2, -0.15) is 0 Å². The Bertz CT molecular complexity index is 420. The molecule has 0 aromatic carbocycles. The van der Waals surface area contributed by atoms with Gasteiger partial charge in [-0.05, 0) is 54.4 Å². The molecule has 28 heavy (non-hydrogen) atoms. The molecule has 0 radical (unpaired) electrons. The van der Waals surface area contributed by atoms with Gasteiger partial charge in [0, 0.05) is 0 Å². The highest BCUT2D eigenvalue weighted by molar-refractivity contribution is 5.92. The molecule has 0 aromatic rings. The molecule has 0 heterocycles. The van der Waals surface area contributed by atoms with Crippen molar-refractivity contribution in [2.24, 2.45) is 0 Å². The van der Waals surface area contributed by atoms with Crippen LogP contribution in [0.15, 0.2) is 0 Å². The van der Waals surface area contributed by atoms with Gasteiger partial charge < -0.3 is 18.9 Å². The van der Waals surface area contributed by atoms with E-state index >= 15 is 0 Å². The van der Waals surface area contributed by atoms with E-state index in [1.165, 1.54) is 0 Å². The minimum absolute atomic E-state index is 0.285.